The maximum atomic E-state index is 14.2. The third kappa shape index (κ3) is 7.92. The molecule has 53 heavy (non-hydrogen) atoms. The summed E-state index contributed by atoms with van der Waals surface area (Å²) in [6, 6.07) is 5.92. The molecule has 4 atom stereocenters. The van der Waals surface area contributed by atoms with Gasteiger partial charge < -0.3 is 25.0 Å². The molecule has 2 aromatic heterocycles. The van der Waals surface area contributed by atoms with Crippen LogP contribution in [0.2, 0.25) is 0 Å². The fourth-order valence-corrected chi connectivity index (χ4v) is 9.25. The molecule has 1 saturated heterocycles. The fraction of sp³-hybridized carbons (Fsp3) is 0.528. The van der Waals surface area contributed by atoms with Crippen LogP contribution >= 0.6 is 11.3 Å². The number of methoxy groups -OCH3 is 1. The number of carbonyl (C=O) groups excluding carboxylic acids is 3. The third-order valence-electron chi connectivity index (χ3n) is 10.1. The number of hydrogen-bond donors (Lipinski definition) is 4. The summed E-state index contributed by atoms with van der Waals surface area (Å²) in [5, 5.41) is 8.19. The van der Waals surface area contributed by atoms with E-state index in [0.717, 1.165) is 34.3 Å². The smallest absolute Gasteiger partial charge is 0.334 e. The predicted molar refractivity (Wildman–Crippen MR) is 201 cm³/mol. The Morgan fingerprint density at radius 3 is 2.74 bits per heavy atom. The Balaban J connectivity index is 1.19. The fourth-order valence-electron chi connectivity index (χ4n) is 6.96. The number of nitrogens with two attached hydrogens (primary N) is 1. The van der Waals surface area contributed by atoms with Crippen molar-refractivity contribution in [3.63, 3.8) is 0 Å². The lowest BCUT2D eigenvalue weighted by Gasteiger charge is -2.29. The average Bonchev–Trinajstić information content (AvgIpc) is 4.01. The maximum absolute atomic E-state index is 14.2. The van der Waals surface area contributed by atoms with Gasteiger partial charge in [-0.2, -0.15) is 0 Å². The summed E-state index contributed by atoms with van der Waals surface area (Å²) in [5.74, 6) is 5.67. The van der Waals surface area contributed by atoms with E-state index in [4.69, 9.17) is 20.3 Å². The van der Waals surface area contributed by atoms with Gasteiger partial charge in [-0.15, -0.1) is 0 Å². The number of nitrogens with one attached hydrogen (secondary N) is 3. The van der Waals surface area contributed by atoms with Gasteiger partial charge in [-0.25, -0.2) is 29.0 Å². The van der Waals surface area contributed by atoms with E-state index < -0.39 is 56.7 Å². The van der Waals surface area contributed by atoms with E-state index in [-0.39, 0.29) is 25.4 Å². The van der Waals surface area contributed by atoms with Crippen LogP contribution in [0.5, 0.6) is 11.5 Å². The number of hydrazine groups is 1. The molecule has 4 heterocycles. The van der Waals surface area contributed by atoms with E-state index >= 15 is 0 Å². The van der Waals surface area contributed by atoms with Crippen LogP contribution in [0.1, 0.15) is 65.2 Å². The molecule has 3 aromatic rings. The van der Waals surface area contributed by atoms with Crippen LogP contribution in [0.4, 0.5) is 9.93 Å². The highest BCUT2D eigenvalue weighted by molar-refractivity contribution is 7.91. The number of thiazole rings is 1. The molecular weight excluding hydrogens is 721 g/mol. The van der Waals surface area contributed by atoms with Crippen LogP contribution in [-0.2, 0) is 19.6 Å². The maximum Gasteiger partial charge on any atom is 0.334 e. The molecule has 5 N–H and O–H groups in total. The largest absolute Gasteiger partial charge is 0.497 e. The molecule has 4 aliphatic rings. The number of allylic oxidation sites excluding steroid dienone is 1. The number of sulfonamides is 1. The molecule has 0 bridgehead atoms. The summed E-state index contributed by atoms with van der Waals surface area (Å²) in [4.78, 5) is 53.3. The van der Waals surface area contributed by atoms with Gasteiger partial charge in [0.1, 0.15) is 29.2 Å². The lowest BCUT2D eigenvalue weighted by Crippen LogP contribution is -2.58. The molecule has 7 rings (SSSR count). The zero-order valence-corrected chi connectivity index (χ0v) is 31.7. The minimum Gasteiger partial charge on any atom is -0.497 e. The number of urea groups is 1. The topological polar surface area (TPSA) is 198 Å². The van der Waals surface area contributed by atoms with Crippen molar-refractivity contribution < 1.29 is 32.3 Å². The van der Waals surface area contributed by atoms with Gasteiger partial charge in [0.2, 0.25) is 15.9 Å². The van der Waals surface area contributed by atoms with Gasteiger partial charge in [0, 0.05) is 48.6 Å². The molecule has 2 saturated carbocycles. The normalized spacial score (nSPS) is 25.9. The lowest BCUT2D eigenvalue weighted by molar-refractivity contribution is -0.131. The van der Waals surface area contributed by atoms with E-state index in [9.17, 15) is 22.8 Å². The lowest BCUT2D eigenvalue weighted by atomic mass is 10.1. The summed E-state index contributed by atoms with van der Waals surface area (Å²) in [5.41, 5.74) is -0.203. The second-order valence-electron chi connectivity index (χ2n) is 14.6. The highest BCUT2D eigenvalue weighted by Gasteiger charge is 2.62. The van der Waals surface area contributed by atoms with Gasteiger partial charge in [0.05, 0.1) is 35.0 Å². The Morgan fingerprint density at radius 2 is 1.98 bits per heavy atom. The minimum atomic E-state index is -3.86. The van der Waals surface area contributed by atoms with E-state index in [1.807, 2.05) is 50.3 Å². The number of aromatic nitrogens is 2. The molecule has 2 aliphatic carbocycles. The van der Waals surface area contributed by atoms with Crippen molar-refractivity contribution in [2.75, 3.05) is 25.5 Å². The Labute approximate surface area is 312 Å². The van der Waals surface area contributed by atoms with Crippen LogP contribution in [0, 0.1) is 5.92 Å². The molecule has 0 spiro atoms. The van der Waals surface area contributed by atoms with Crippen molar-refractivity contribution in [2.45, 2.75) is 94.2 Å². The summed E-state index contributed by atoms with van der Waals surface area (Å²) < 4.78 is 39.9. The van der Waals surface area contributed by atoms with Crippen LogP contribution in [0.15, 0.2) is 42.6 Å². The number of nitrogens with zero attached hydrogens (tertiary/aromatic N) is 4. The molecule has 2 aliphatic heterocycles. The quantitative estimate of drug-likeness (QED) is 0.140. The van der Waals surface area contributed by atoms with E-state index in [1.165, 1.54) is 16.2 Å². The molecule has 17 heteroatoms. The molecule has 3 fully saturated rings. The van der Waals surface area contributed by atoms with Crippen LogP contribution in [-0.4, -0.2) is 95.3 Å². The second kappa shape index (κ2) is 14.7. The van der Waals surface area contributed by atoms with Crippen molar-refractivity contribution in [1.29, 1.82) is 0 Å². The standard InChI is InChI=1S/C36H46N8O7S2/c1-21(2)39-34-38-19-31(52-34)28-17-30(26-13-10-23(50-3)15-27(26)40-28)51-24-16-29-32(45)41-36(33(46)42-53(48,49)25-11-12-25)18-22(36)9-7-5-4-6-8-14-44(37)35(47)43(29)20-24/h7,9-10,13,15,17,19,21-22,24-25,29H,4-6,8,11-12,14,16,18,20,37H2,1-3H3,(H,38,39)(H,41,45)(H,42,46)/b9-7-/t22-,24-,29+,36+/m1/s1. The summed E-state index contributed by atoms with van der Waals surface area (Å²) in [7, 11) is -2.28. The van der Waals surface area contributed by atoms with Crippen LogP contribution < -0.4 is 30.7 Å². The highest BCUT2D eigenvalue weighted by Crippen LogP contribution is 2.46. The average molecular weight is 767 g/mol. The molecule has 1 aromatic carbocycles. The Morgan fingerprint density at radius 1 is 1.17 bits per heavy atom. The van der Waals surface area contributed by atoms with Crippen LogP contribution in [0.3, 0.4) is 0 Å². The number of pyridine rings is 1. The van der Waals surface area contributed by atoms with Gasteiger partial charge in [0.15, 0.2) is 5.13 Å². The molecule has 0 unspecified atom stereocenters. The summed E-state index contributed by atoms with van der Waals surface area (Å²) >= 11 is 1.46. The van der Waals surface area contributed by atoms with E-state index in [1.54, 1.807) is 13.3 Å². The first-order chi connectivity index (χ1) is 25.4. The number of carbonyl (C=O) groups is 3. The van der Waals surface area contributed by atoms with Crippen molar-refractivity contribution in [3.05, 3.63) is 42.6 Å². The Bertz CT molecular complexity index is 2030. The number of fused-ring (bicyclic) bond motifs is 3. The monoisotopic (exact) mass is 766 g/mol. The second-order valence-corrected chi connectivity index (χ2v) is 17.6. The number of rotatable bonds is 9. The number of hydrogen-bond acceptors (Lipinski definition) is 12. The van der Waals surface area contributed by atoms with Crippen molar-refractivity contribution >= 4 is 55.2 Å². The van der Waals surface area contributed by atoms with Crippen molar-refractivity contribution in [1.82, 2.24) is 29.9 Å². The van der Waals surface area contributed by atoms with E-state index in [2.05, 4.69) is 20.3 Å². The van der Waals surface area contributed by atoms with Crippen LogP contribution in [0.25, 0.3) is 21.5 Å². The first-order valence-corrected chi connectivity index (χ1v) is 20.5. The van der Waals surface area contributed by atoms with E-state index in [0.29, 0.717) is 53.9 Å². The Hall–Kier alpha value is -4.48. The number of anilines is 1. The Kier molecular flexibility index (Phi) is 10.3. The zero-order valence-electron chi connectivity index (χ0n) is 30.0. The van der Waals surface area contributed by atoms with Gasteiger partial charge in [-0.3, -0.25) is 19.3 Å². The van der Waals surface area contributed by atoms with Crippen molar-refractivity contribution in [2.24, 2.45) is 11.8 Å². The first-order valence-electron chi connectivity index (χ1n) is 18.1. The molecule has 284 valence electrons. The third-order valence-corrected chi connectivity index (χ3v) is 12.9. The molecular formula is C36H46N8O7S2. The molecule has 15 nitrogen and oxygen atoms in total. The predicted octanol–water partition coefficient (Wildman–Crippen LogP) is 3.92. The SMILES string of the molecule is COc1ccc2c(O[C@@H]3C[C@H]4C(=O)N[C@@]5(C(=O)NS(=O)(=O)C6CC6)C[C@H]5/C=C\CCCCCN(N)C(=O)N4C3)cc(-c3cnc(NC(C)C)s3)nc2c1. The molecule has 4 amide bonds. The number of ether oxygens (including phenoxy) is 2. The van der Waals surface area contributed by atoms with Gasteiger partial charge >= 0.3 is 6.03 Å². The summed E-state index contributed by atoms with van der Waals surface area (Å²) in [6.45, 7) is 4.41. The van der Waals surface area contributed by atoms with Crippen molar-refractivity contribution in [3.8, 4) is 22.1 Å². The van der Waals surface area contributed by atoms with Gasteiger partial charge in [-0.05, 0) is 64.5 Å². The summed E-state index contributed by atoms with van der Waals surface area (Å²) in [6.07, 6.45) is 9.37. The number of benzene rings is 1. The zero-order chi connectivity index (χ0) is 37.5. The number of amides is 4. The highest BCUT2D eigenvalue weighted by atomic mass is 32.2. The van der Waals surface area contributed by atoms with Gasteiger partial charge in [-0.1, -0.05) is 29.9 Å². The first kappa shape index (κ1) is 36.9. The van der Waals surface area contributed by atoms with Gasteiger partial charge in [0.25, 0.3) is 5.91 Å². The molecule has 0 radical (unpaired) electrons. The minimum absolute atomic E-state index is 0.0432.